The lowest BCUT2D eigenvalue weighted by Gasteiger charge is -2.38. The van der Waals surface area contributed by atoms with Gasteiger partial charge in [-0.2, -0.15) is 5.10 Å². The molecule has 4 rings (SSSR count). The maximum absolute atomic E-state index is 11.1. The molecule has 0 atom stereocenters. The number of aliphatic hydroxyl groups is 1. The van der Waals surface area contributed by atoms with Crippen LogP contribution < -0.4 is 0 Å². The Morgan fingerprint density at radius 3 is 2.54 bits per heavy atom. The minimum Gasteiger partial charge on any atom is -0.385 e. The van der Waals surface area contributed by atoms with Crippen LogP contribution in [0.4, 0.5) is 0 Å². The van der Waals surface area contributed by atoms with Crippen LogP contribution in [0.1, 0.15) is 29.5 Å². The number of benzene rings is 2. The summed E-state index contributed by atoms with van der Waals surface area (Å²) >= 11 is 0. The Labute approximate surface area is 154 Å². The molecular formula is C22H25N3O. The summed E-state index contributed by atoms with van der Waals surface area (Å²) in [5, 5.41) is 15.5. The van der Waals surface area contributed by atoms with Crippen molar-refractivity contribution in [2.45, 2.75) is 31.9 Å². The van der Waals surface area contributed by atoms with Crippen molar-refractivity contribution >= 4 is 0 Å². The van der Waals surface area contributed by atoms with Crippen molar-refractivity contribution < 1.29 is 5.11 Å². The Morgan fingerprint density at radius 1 is 1.04 bits per heavy atom. The fourth-order valence-corrected chi connectivity index (χ4v) is 3.73. The van der Waals surface area contributed by atoms with Gasteiger partial charge in [0.15, 0.2) is 0 Å². The molecule has 0 spiro atoms. The quantitative estimate of drug-likeness (QED) is 0.783. The number of aromatic nitrogens is 2. The van der Waals surface area contributed by atoms with Crippen molar-refractivity contribution in [3.63, 3.8) is 0 Å². The fourth-order valence-electron chi connectivity index (χ4n) is 3.73. The van der Waals surface area contributed by atoms with Crippen molar-refractivity contribution in [3.8, 4) is 5.69 Å². The third kappa shape index (κ3) is 3.57. The molecule has 26 heavy (non-hydrogen) atoms. The monoisotopic (exact) mass is 347 g/mol. The topological polar surface area (TPSA) is 41.3 Å². The molecule has 2 heterocycles. The number of para-hydroxylation sites is 1. The van der Waals surface area contributed by atoms with Gasteiger partial charge in [-0.15, -0.1) is 0 Å². The highest BCUT2D eigenvalue weighted by atomic mass is 16.3. The fraction of sp³-hybridized carbons (Fsp3) is 0.318. The molecule has 134 valence electrons. The van der Waals surface area contributed by atoms with Crippen LogP contribution in [0.5, 0.6) is 0 Å². The van der Waals surface area contributed by atoms with Crippen molar-refractivity contribution in [1.82, 2.24) is 14.7 Å². The molecular weight excluding hydrogens is 322 g/mol. The predicted molar refractivity (Wildman–Crippen MR) is 103 cm³/mol. The number of piperidine rings is 1. The standard InChI is InChI=1S/C22H25N3O/c1-18-6-5-7-20(14-18)22(26)10-12-24(13-11-22)16-19-15-23-25(17-19)21-8-3-2-4-9-21/h2-9,14-15,17,26H,10-13,16H2,1H3. The first-order chi connectivity index (χ1) is 12.6. The van der Waals surface area contributed by atoms with E-state index in [1.165, 1.54) is 11.1 Å². The third-order valence-electron chi connectivity index (χ3n) is 5.30. The van der Waals surface area contributed by atoms with Crippen molar-refractivity contribution in [2.24, 2.45) is 0 Å². The van der Waals surface area contributed by atoms with E-state index < -0.39 is 5.60 Å². The van der Waals surface area contributed by atoms with E-state index >= 15 is 0 Å². The van der Waals surface area contributed by atoms with E-state index in [0.717, 1.165) is 43.7 Å². The highest BCUT2D eigenvalue weighted by Crippen LogP contribution is 2.33. The summed E-state index contributed by atoms with van der Waals surface area (Å²) in [6.45, 7) is 4.73. The average Bonchev–Trinajstić information content (AvgIpc) is 3.13. The van der Waals surface area contributed by atoms with Gasteiger partial charge in [-0.1, -0.05) is 48.0 Å². The van der Waals surface area contributed by atoms with Crippen LogP contribution in [-0.4, -0.2) is 32.9 Å². The first-order valence-electron chi connectivity index (χ1n) is 9.23. The Bertz CT molecular complexity index is 864. The Kier molecular flexibility index (Phi) is 4.62. The molecule has 1 aliphatic heterocycles. The van der Waals surface area contributed by atoms with E-state index in [9.17, 15) is 5.11 Å². The molecule has 0 amide bonds. The summed E-state index contributed by atoms with van der Waals surface area (Å²) in [6.07, 6.45) is 5.57. The van der Waals surface area contributed by atoms with Crippen LogP contribution in [0.15, 0.2) is 67.0 Å². The number of aryl methyl sites for hydroxylation is 1. The number of hydrogen-bond acceptors (Lipinski definition) is 3. The molecule has 1 saturated heterocycles. The van der Waals surface area contributed by atoms with E-state index in [2.05, 4.69) is 47.4 Å². The van der Waals surface area contributed by atoms with Gasteiger partial charge >= 0.3 is 0 Å². The molecule has 4 nitrogen and oxygen atoms in total. The first kappa shape index (κ1) is 17.0. The van der Waals surface area contributed by atoms with E-state index in [0.29, 0.717) is 0 Å². The molecule has 0 saturated carbocycles. The second kappa shape index (κ2) is 7.06. The minimum absolute atomic E-state index is 0.698. The van der Waals surface area contributed by atoms with Crippen LogP contribution in [0.2, 0.25) is 0 Å². The second-order valence-electron chi connectivity index (χ2n) is 7.31. The summed E-state index contributed by atoms with van der Waals surface area (Å²) in [6, 6.07) is 18.4. The SMILES string of the molecule is Cc1cccc(C2(O)CCN(Cc3cnn(-c4ccccc4)c3)CC2)c1. The van der Waals surface area contributed by atoms with Crippen LogP contribution in [0.3, 0.4) is 0 Å². The van der Waals surface area contributed by atoms with Gasteiger partial charge in [-0.05, 0) is 37.5 Å². The van der Waals surface area contributed by atoms with E-state index in [1.54, 1.807) is 0 Å². The Balaban J connectivity index is 1.39. The van der Waals surface area contributed by atoms with Gasteiger partial charge < -0.3 is 5.11 Å². The molecule has 0 aliphatic carbocycles. The number of rotatable bonds is 4. The lowest BCUT2D eigenvalue weighted by Crippen LogP contribution is -2.42. The van der Waals surface area contributed by atoms with Gasteiger partial charge in [0.25, 0.3) is 0 Å². The van der Waals surface area contributed by atoms with Gasteiger partial charge in [0.05, 0.1) is 17.5 Å². The molecule has 1 aliphatic rings. The lowest BCUT2D eigenvalue weighted by atomic mass is 9.84. The molecule has 0 unspecified atom stereocenters. The summed E-state index contributed by atoms with van der Waals surface area (Å²) < 4.78 is 1.92. The molecule has 1 N–H and O–H groups in total. The van der Waals surface area contributed by atoms with Gasteiger partial charge in [0.2, 0.25) is 0 Å². The zero-order chi connectivity index (χ0) is 18.0. The average molecular weight is 347 g/mol. The van der Waals surface area contributed by atoms with Gasteiger partial charge in [-0.3, -0.25) is 4.90 Å². The van der Waals surface area contributed by atoms with Crippen molar-refractivity contribution in [1.29, 1.82) is 0 Å². The number of nitrogens with zero attached hydrogens (tertiary/aromatic N) is 3. The second-order valence-corrected chi connectivity index (χ2v) is 7.31. The highest BCUT2D eigenvalue weighted by molar-refractivity contribution is 5.31. The van der Waals surface area contributed by atoms with Crippen molar-refractivity contribution in [2.75, 3.05) is 13.1 Å². The zero-order valence-electron chi connectivity index (χ0n) is 15.2. The maximum atomic E-state index is 11.1. The number of hydrogen-bond donors (Lipinski definition) is 1. The summed E-state index contributed by atoms with van der Waals surface area (Å²) in [4.78, 5) is 2.40. The summed E-state index contributed by atoms with van der Waals surface area (Å²) in [5.41, 5.74) is 3.83. The summed E-state index contributed by atoms with van der Waals surface area (Å²) in [5.74, 6) is 0. The van der Waals surface area contributed by atoms with E-state index in [1.807, 2.05) is 41.2 Å². The van der Waals surface area contributed by atoms with Crippen molar-refractivity contribution in [3.05, 3.63) is 83.7 Å². The smallest absolute Gasteiger partial charge is 0.0921 e. The highest BCUT2D eigenvalue weighted by Gasteiger charge is 2.33. The molecule has 0 bridgehead atoms. The Morgan fingerprint density at radius 2 is 1.81 bits per heavy atom. The minimum atomic E-state index is -0.698. The van der Waals surface area contributed by atoms with E-state index in [4.69, 9.17) is 0 Å². The predicted octanol–water partition coefficient (Wildman–Crippen LogP) is 3.66. The largest absolute Gasteiger partial charge is 0.385 e. The van der Waals surface area contributed by atoms with Crippen LogP contribution in [0.25, 0.3) is 5.69 Å². The van der Waals surface area contributed by atoms with Gasteiger partial charge in [0, 0.05) is 31.4 Å². The molecule has 1 fully saturated rings. The zero-order valence-corrected chi connectivity index (χ0v) is 15.2. The summed E-state index contributed by atoms with van der Waals surface area (Å²) in [7, 11) is 0. The Hall–Kier alpha value is -2.43. The molecule has 1 aromatic heterocycles. The van der Waals surface area contributed by atoms with Gasteiger partial charge in [-0.25, -0.2) is 4.68 Å². The molecule has 2 aromatic carbocycles. The maximum Gasteiger partial charge on any atom is 0.0921 e. The molecule has 4 heteroatoms. The van der Waals surface area contributed by atoms with Crippen LogP contribution in [-0.2, 0) is 12.1 Å². The third-order valence-corrected chi connectivity index (χ3v) is 5.30. The molecule has 3 aromatic rings. The normalized spacial score (nSPS) is 17.3. The first-order valence-corrected chi connectivity index (χ1v) is 9.23. The van der Waals surface area contributed by atoms with Crippen LogP contribution in [0, 0.1) is 6.92 Å². The van der Waals surface area contributed by atoms with Crippen LogP contribution >= 0.6 is 0 Å². The van der Waals surface area contributed by atoms with Gasteiger partial charge in [0.1, 0.15) is 0 Å². The molecule has 0 radical (unpaired) electrons. The van der Waals surface area contributed by atoms with E-state index in [-0.39, 0.29) is 0 Å². The number of likely N-dealkylation sites (tertiary alicyclic amines) is 1. The lowest BCUT2D eigenvalue weighted by molar-refractivity contribution is -0.0277.